The van der Waals surface area contributed by atoms with E-state index >= 15 is 0 Å². The van der Waals surface area contributed by atoms with Crippen LogP contribution >= 0.6 is 0 Å². The molecule has 0 bridgehead atoms. The second-order valence-corrected chi connectivity index (χ2v) is 7.43. The van der Waals surface area contributed by atoms with Crippen molar-refractivity contribution in [3.05, 3.63) is 36.3 Å². The van der Waals surface area contributed by atoms with Gasteiger partial charge in [-0.1, -0.05) is 0 Å². The molecule has 2 aliphatic heterocycles. The van der Waals surface area contributed by atoms with E-state index in [2.05, 4.69) is 4.98 Å². The molecular weight excluding hydrogens is 405 g/mol. The fourth-order valence-electron chi connectivity index (χ4n) is 3.84. The van der Waals surface area contributed by atoms with Gasteiger partial charge < -0.3 is 28.7 Å². The molecule has 1 amide bonds. The summed E-state index contributed by atoms with van der Waals surface area (Å²) in [6, 6.07) is 6.98. The average molecular weight is 431 g/mol. The van der Waals surface area contributed by atoms with Crippen LogP contribution in [0.25, 0.3) is 0 Å². The lowest BCUT2D eigenvalue weighted by molar-refractivity contribution is -0.131. The number of carbonyl (C=O) groups excluding carboxylic acids is 1. The summed E-state index contributed by atoms with van der Waals surface area (Å²) in [5.41, 5.74) is 1.39. The molecule has 2 aliphatic rings. The molecule has 0 unspecified atom stereocenters. The average Bonchev–Trinajstić information content (AvgIpc) is 3.25. The van der Waals surface area contributed by atoms with Gasteiger partial charge in [0.2, 0.25) is 11.8 Å². The van der Waals surface area contributed by atoms with Crippen molar-refractivity contribution in [1.82, 2.24) is 9.88 Å². The van der Waals surface area contributed by atoms with Gasteiger partial charge in [0.15, 0.2) is 5.82 Å². The molecule has 1 aromatic heterocycles. The monoisotopic (exact) mass is 431 g/mol. The van der Waals surface area contributed by atoms with Crippen molar-refractivity contribution >= 4 is 17.3 Å². The van der Waals surface area contributed by atoms with Crippen molar-refractivity contribution in [2.45, 2.75) is 18.9 Å². The first-order chi connectivity index (χ1) is 15.1. The fraction of sp³-hybridized carbons (Fsp3) is 0.455. The molecule has 1 atom stereocenters. The van der Waals surface area contributed by atoms with Gasteiger partial charge in [-0.05, 0) is 12.1 Å². The molecule has 3 heterocycles. The largest absolute Gasteiger partial charge is 0.490 e. The van der Waals surface area contributed by atoms with Crippen LogP contribution in [0.3, 0.4) is 0 Å². The van der Waals surface area contributed by atoms with Gasteiger partial charge in [-0.3, -0.25) is 4.79 Å². The lowest BCUT2D eigenvalue weighted by Crippen LogP contribution is -2.31. The number of benzene rings is 1. The Kier molecular flexibility index (Phi) is 6.41. The third kappa shape index (κ3) is 4.66. The second kappa shape index (κ2) is 9.38. The van der Waals surface area contributed by atoms with Crippen molar-refractivity contribution in [3.63, 3.8) is 0 Å². The number of amides is 1. The van der Waals surface area contributed by atoms with Crippen LogP contribution in [0.4, 0.5) is 15.8 Å². The van der Waals surface area contributed by atoms with E-state index in [-0.39, 0.29) is 17.9 Å². The summed E-state index contributed by atoms with van der Waals surface area (Å²) in [6.45, 7) is 2.66. The van der Waals surface area contributed by atoms with Crippen molar-refractivity contribution in [1.29, 1.82) is 0 Å². The number of pyridine rings is 1. The summed E-state index contributed by atoms with van der Waals surface area (Å²) < 4.78 is 36.0. The van der Waals surface area contributed by atoms with Crippen LogP contribution < -0.4 is 19.1 Å². The Hall–Kier alpha value is -3.07. The third-order valence-electron chi connectivity index (χ3n) is 5.41. The summed E-state index contributed by atoms with van der Waals surface area (Å²) in [7, 11) is 2.97. The lowest BCUT2D eigenvalue weighted by Gasteiger charge is -2.31. The molecule has 0 radical (unpaired) electrons. The van der Waals surface area contributed by atoms with Gasteiger partial charge in [0, 0.05) is 32.2 Å². The number of halogens is 1. The molecular formula is C22H26FN3O5. The minimum absolute atomic E-state index is 0.0415. The van der Waals surface area contributed by atoms with Crippen LogP contribution in [0.15, 0.2) is 30.5 Å². The van der Waals surface area contributed by atoms with E-state index in [1.807, 2.05) is 28.0 Å². The second-order valence-electron chi connectivity index (χ2n) is 7.43. The van der Waals surface area contributed by atoms with E-state index in [4.69, 9.17) is 18.9 Å². The molecule has 1 aromatic carbocycles. The Morgan fingerprint density at radius 1 is 1.29 bits per heavy atom. The number of rotatable bonds is 7. The zero-order valence-corrected chi connectivity index (χ0v) is 17.7. The zero-order valence-electron chi connectivity index (χ0n) is 17.7. The van der Waals surface area contributed by atoms with Crippen molar-refractivity contribution in [3.8, 4) is 17.4 Å². The Labute approximate surface area is 180 Å². The van der Waals surface area contributed by atoms with Gasteiger partial charge in [0.05, 0.1) is 50.8 Å². The van der Waals surface area contributed by atoms with Crippen molar-refractivity contribution in [2.75, 3.05) is 52.0 Å². The Balaban J connectivity index is 1.48. The molecule has 166 valence electrons. The van der Waals surface area contributed by atoms with Crippen LogP contribution in [0.1, 0.15) is 12.8 Å². The van der Waals surface area contributed by atoms with E-state index in [0.29, 0.717) is 56.5 Å². The van der Waals surface area contributed by atoms with Gasteiger partial charge in [-0.2, -0.15) is 0 Å². The number of ether oxygens (including phenoxy) is 4. The smallest absolute Gasteiger partial charge is 0.250 e. The lowest BCUT2D eigenvalue weighted by atomic mass is 10.2. The number of aromatic nitrogens is 1. The molecule has 2 aromatic rings. The molecule has 0 N–H and O–H groups in total. The molecule has 31 heavy (non-hydrogen) atoms. The Morgan fingerprint density at radius 3 is 2.94 bits per heavy atom. The molecule has 1 fully saturated rings. The van der Waals surface area contributed by atoms with Crippen LogP contribution in [-0.2, 0) is 9.53 Å². The maximum Gasteiger partial charge on any atom is 0.250 e. The highest BCUT2D eigenvalue weighted by molar-refractivity contribution is 5.76. The highest BCUT2D eigenvalue weighted by Crippen LogP contribution is 2.40. The van der Waals surface area contributed by atoms with Crippen LogP contribution in [0, 0.1) is 5.82 Å². The number of likely N-dealkylation sites (tertiary alicyclic amines) is 1. The van der Waals surface area contributed by atoms with Gasteiger partial charge in [0.25, 0.3) is 0 Å². The minimum Gasteiger partial charge on any atom is -0.490 e. The summed E-state index contributed by atoms with van der Waals surface area (Å²) in [5, 5.41) is 0. The van der Waals surface area contributed by atoms with Crippen molar-refractivity contribution < 1.29 is 28.1 Å². The highest BCUT2D eigenvalue weighted by atomic mass is 19.1. The van der Waals surface area contributed by atoms with Crippen LogP contribution in [0.2, 0.25) is 0 Å². The SMILES string of the molecule is COCCC(=O)N1CC[C@H](Oc2ccc3c(c2)N(c2cnc(OC)c(F)c2)CCO3)C1. The predicted octanol–water partition coefficient (Wildman–Crippen LogP) is 2.78. The normalized spacial score (nSPS) is 17.8. The minimum atomic E-state index is -0.523. The van der Waals surface area contributed by atoms with E-state index in [1.54, 1.807) is 13.3 Å². The first-order valence-corrected chi connectivity index (χ1v) is 10.3. The standard InChI is InChI=1S/C22H26FN3O5/c1-28-9-6-21(27)25-7-5-17(14-25)31-16-3-4-20-19(12-16)26(8-10-30-20)15-11-18(23)22(29-2)24-13-15/h3-4,11-13,17H,5-10,14H2,1-2H3/t17-/m0/s1. The molecule has 0 aliphatic carbocycles. The molecule has 9 heteroatoms. The van der Waals surface area contributed by atoms with E-state index in [9.17, 15) is 9.18 Å². The summed E-state index contributed by atoms with van der Waals surface area (Å²) in [4.78, 5) is 20.0. The van der Waals surface area contributed by atoms with E-state index in [1.165, 1.54) is 13.2 Å². The summed E-state index contributed by atoms with van der Waals surface area (Å²) in [6.07, 6.45) is 2.64. The maximum atomic E-state index is 14.2. The number of fused-ring (bicyclic) bond motifs is 1. The van der Waals surface area contributed by atoms with Gasteiger partial charge >= 0.3 is 0 Å². The highest BCUT2D eigenvalue weighted by Gasteiger charge is 2.28. The van der Waals surface area contributed by atoms with Crippen LogP contribution in [0.5, 0.6) is 17.4 Å². The van der Waals surface area contributed by atoms with Gasteiger partial charge in [-0.15, -0.1) is 0 Å². The van der Waals surface area contributed by atoms with E-state index in [0.717, 1.165) is 12.1 Å². The first-order valence-electron chi connectivity index (χ1n) is 10.3. The number of anilines is 2. The summed E-state index contributed by atoms with van der Waals surface area (Å²) >= 11 is 0. The molecule has 4 rings (SSSR count). The van der Waals surface area contributed by atoms with Crippen LogP contribution in [-0.4, -0.2) is 69.0 Å². The number of hydrogen-bond acceptors (Lipinski definition) is 7. The quantitative estimate of drug-likeness (QED) is 0.667. The first kappa shape index (κ1) is 21.2. The predicted molar refractivity (Wildman–Crippen MR) is 112 cm³/mol. The molecule has 8 nitrogen and oxygen atoms in total. The molecule has 1 saturated heterocycles. The third-order valence-corrected chi connectivity index (χ3v) is 5.41. The Morgan fingerprint density at radius 2 is 2.16 bits per heavy atom. The van der Waals surface area contributed by atoms with Gasteiger partial charge in [0.1, 0.15) is 24.2 Å². The fourth-order valence-corrected chi connectivity index (χ4v) is 3.84. The molecule has 0 spiro atoms. The van der Waals surface area contributed by atoms with E-state index < -0.39 is 5.82 Å². The number of methoxy groups -OCH3 is 2. The van der Waals surface area contributed by atoms with Gasteiger partial charge in [-0.25, -0.2) is 9.37 Å². The maximum absolute atomic E-state index is 14.2. The summed E-state index contributed by atoms with van der Waals surface area (Å²) in [5.74, 6) is 0.877. The molecule has 0 saturated carbocycles. The van der Waals surface area contributed by atoms with Crippen molar-refractivity contribution in [2.24, 2.45) is 0 Å². The topological polar surface area (TPSA) is 73.4 Å². The zero-order chi connectivity index (χ0) is 21.8. The number of carbonyl (C=O) groups is 1. The number of nitrogens with zero attached hydrogens (tertiary/aromatic N) is 3. The Bertz CT molecular complexity index is 941. The number of hydrogen-bond donors (Lipinski definition) is 0.